The Labute approximate surface area is 127 Å². The van der Waals surface area contributed by atoms with Gasteiger partial charge in [0.05, 0.1) is 14.2 Å². The van der Waals surface area contributed by atoms with Crippen molar-refractivity contribution in [3.05, 3.63) is 16.6 Å². The minimum atomic E-state index is -3.68. The second-order valence-electron chi connectivity index (χ2n) is 4.10. The standard InChI is InChI=1S/C12H19BrN2O4S/c1-4-8(7-14)15-20(16,17)12-6-11(19-3)10(18-2)5-9(12)13/h5-6,8,15H,4,7,14H2,1-3H3. The molecule has 0 aliphatic carbocycles. The Bertz CT molecular complexity index is 559. The third kappa shape index (κ3) is 3.85. The molecule has 20 heavy (non-hydrogen) atoms. The summed E-state index contributed by atoms with van der Waals surface area (Å²) >= 11 is 3.23. The van der Waals surface area contributed by atoms with E-state index in [0.29, 0.717) is 22.4 Å². The number of nitrogens with one attached hydrogen (secondary N) is 1. The number of nitrogens with two attached hydrogens (primary N) is 1. The molecule has 1 unspecified atom stereocenters. The fourth-order valence-corrected chi connectivity index (χ4v) is 3.99. The van der Waals surface area contributed by atoms with Crippen LogP contribution in [0, 0.1) is 0 Å². The minimum absolute atomic E-state index is 0.0852. The lowest BCUT2D eigenvalue weighted by molar-refractivity contribution is 0.353. The molecular formula is C12H19BrN2O4S. The SMILES string of the molecule is CCC(CN)NS(=O)(=O)c1cc(OC)c(OC)cc1Br. The molecule has 0 amide bonds. The Hall–Kier alpha value is -0.830. The zero-order valence-electron chi connectivity index (χ0n) is 11.6. The molecule has 0 radical (unpaired) electrons. The van der Waals surface area contributed by atoms with Crippen molar-refractivity contribution in [3.8, 4) is 11.5 Å². The minimum Gasteiger partial charge on any atom is -0.493 e. The normalized spacial score (nSPS) is 13.1. The molecule has 1 rings (SSSR count). The molecule has 0 fully saturated rings. The number of hydrogen-bond donors (Lipinski definition) is 2. The van der Waals surface area contributed by atoms with Crippen molar-refractivity contribution in [2.75, 3.05) is 20.8 Å². The number of halogens is 1. The first-order valence-electron chi connectivity index (χ1n) is 6.03. The summed E-state index contributed by atoms with van der Waals surface area (Å²) in [4.78, 5) is 0.0852. The highest BCUT2D eigenvalue weighted by atomic mass is 79.9. The van der Waals surface area contributed by atoms with Crippen molar-refractivity contribution < 1.29 is 17.9 Å². The highest BCUT2D eigenvalue weighted by Gasteiger charge is 2.23. The third-order valence-electron chi connectivity index (χ3n) is 2.83. The van der Waals surface area contributed by atoms with Crippen molar-refractivity contribution in [1.29, 1.82) is 0 Å². The quantitative estimate of drug-likeness (QED) is 0.762. The molecule has 0 heterocycles. The molecule has 6 nitrogen and oxygen atoms in total. The lowest BCUT2D eigenvalue weighted by Crippen LogP contribution is -2.39. The van der Waals surface area contributed by atoms with Crippen molar-refractivity contribution >= 4 is 26.0 Å². The van der Waals surface area contributed by atoms with Crippen LogP contribution in [0.15, 0.2) is 21.5 Å². The van der Waals surface area contributed by atoms with E-state index in [0.717, 1.165) is 0 Å². The van der Waals surface area contributed by atoms with Gasteiger partial charge in [-0.1, -0.05) is 6.92 Å². The molecule has 0 aliphatic rings. The van der Waals surface area contributed by atoms with Gasteiger partial charge >= 0.3 is 0 Å². The van der Waals surface area contributed by atoms with Crippen LogP contribution in [-0.4, -0.2) is 35.2 Å². The third-order valence-corrected chi connectivity index (χ3v) is 5.31. The monoisotopic (exact) mass is 366 g/mol. The number of methoxy groups -OCH3 is 2. The Morgan fingerprint density at radius 3 is 2.30 bits per heavy atom. The maximum absolute atomic E-state index is 12.4. The predicted molar refractivity (Wildman–Crippen MR) is 80.7 cm³/mol. The van der Waals surface area contributed by atoms with Crippen LogP contribution >= 0.6 is 15.9 Å². The van der Waals surface area contributed by atoms with Crippen LogP contribution in [0.5, 0.6) is 11.5 Å². The van der Waals surface area contributed by atoms with Gasteiger partial charge in [-0.3, -0.25) is 0 Å². The molecule has 0 aliphatic heterocycles. The van der Waals surface area contributed by atoms with Crippen molar-refractivity contribution in [2.24, 2.45) is 5.73 Å². The number of rotatable bonds is 7. The van der Waals surface area contributed by atoms with Gasteiger partial charge in [0.2, 0.25) is 10.0 Å². The first-order valence-corrected chi connectivity index (χ1v) is 8.31. The lowest BCUT2D eigenvalue weighted by atomic mass is 10.2. The Balaban J connectivity index is 3.24. The van der Waals surface area contributed by atoms with Crippen LogP contribution in [0.3, 0.4) is 0 Å². The van der Waals surface area contributed by atoms with Gasteiger partial charge in [-0.2, -0.15) is 0 Å². The predicted octanol–water partition coefficient (Wildman–Crippen LogP) is 1.48. The molecule has 3 N–H and O–H groups in total. The van der Waals surface area contributed by atoms with E-state index < -0.39 is 10.0 Å². The molecular weight excluding hydrogens is 348 g/mol. The smallest absolute Gasteiger partial charge is 0.242 e. The van der Waals surface area contributed by atoms with E-state index in [9.17, 15) is 8.42 Å². The molecule has 114 valence electrons. The summed E-state index contributed by atoms with van der Waals surface area (Å²) < 4.78 is 37.9. The van der Waals surface area contributed by atoms with E-state index >= 15 is 0 Å². The second-order valence-corrected chi connectivity index (χ2v) is 6.64. The molecule has 1 atom stereocenters. The summed E-state index contributed by atoms with van der Waals surface area (Å²) in [5.41, 5.74) is 5.52. The number of benzene rings is 1. The Morgan fingerprint density at radius 1 is 1.30 bits per heavy atom. The van der Waals surface area contributed by atoms with E-state index in [2.05, 4.69) is 20.7 Å². The van der Waals surface area contributed by atoms with Crippen molar-refractivity contribution in [2.45, 2.75) is 24.3 Å². The molecule has 0 aromatic heterocycles. The number of sulfonamides is 1. The second kappa shape index (κ2) is 7.26. The first kappa shape index (κ1) is 17.2. The summed E-state index contributed by atoms with van der Waals surface area (Å²) in [6, 6.07) is 2.66. The van der Waals surface area contributed by atoms with Crippen LogP contribution in [0.1, 0.15) is 13.3 Å². The van der Waals surface area contributed by atoms with Gasteiger partial charge in [-0.25, -0.2) is 13.1 Å². The van der Waals surface area contributed by atoms with Gasteiger partial charge in [0.25, 0.3) is 0 Å². The Kier molecular flexibility index (Phi) is 6.25. The van der Waals surface area contributed by atoms with Crippen molar-refractivity contribution in [1.82, 2.24) is 4.72 Å². The van der Waals surface area contributed by atoms with Crippen LogP contribution in [0.4, 0.5) is 0 Å². The van der Waals surface area contributed by atoms with Gasteiger partial charge in [0.1, 0.15) is 4.90 Å². The van der Waals surface area contributed by atoms with Gasteiger partial charge < -0.3 is 15.2 Å². The highest BCUT2D eigenvalue weighted by molar-refractivity contribution is 9.10. The van der Waals surface area contributed by atoms with Crippen LogP contribution in [0.25, 0.3) is 0 Å². The van der Waals surface area contributed by atoms with Crippen molar-refractivity contribution in [3.63, 3.8) is 0 Å². The van der Waals surface area contributed by atoms with E-state index in [1.807, 2.05) is 6.92 Å². The van der Waals surface area contributed by atoms with Crippen LogP contribution < -0.4 is 19.9 Å². The average molecular weight is 367 g/mol. The largest absolute Gasteiger partial charge is 0.493 e. The average Bonchev–Trinajstić information content (AvgIpc) is 2.43. The number of hydrogen-bond acceptors (Lipinski definition) is 5. The van der Waals surface area contributed by atoms with Gasteiger partial charge in [0, 0.05) is 23.1 Å². The highest BCUT2D eigenvalue weighted by Crippen LogP contribution is 2.35. The molecule has 1 aromatic carbocycles. The van der Waals surface area contributed by atoms with Gasteiger partial charge in [-0.05, 0) is 28.4 Å². The topological polar surface area (TPSA) is 90.7 Å². The zero-order valence-corrected chi connectivity index (χ0v) is 14.0. The van der Waals surface area contributed by atoms with Gasteiger partial charge in [-0.15, -0.1) is 0 Å². The summed E-state index contributed by atoms with van der Waals surface area (Å²) in [6.45, 7) is 2.10. The lowest BCUT2D eigenvalue weighted by Gasteiger charge is -2.17. The maximum atomic E-state index is 12.4. The van der Waals surface area contributed by atoms with E-state index in [1.165, 1.54) is 20.3 Å². The molecule has 0 saturated carbocycles. The number of ether oxygens (including phenoxy) is 2. The summed E-state index contributed by atoms with van der Waals surface area (Å²) in [6.07, 6.45) is 0.612. The van der Waals surface area contributed by atoms with E-state index in [4.69, 9.17) is 15.2 Å². The maximum Gasteiger partial charge on any atom is 0.242 e. The van der Waals surface area contributed by atoms with Crippen LogP contribution in [-0.2, 0) is 10.0 Å². The fourth-order valence-electron chi connectivity index (χ4n) is 1.62. The summed E-state index contributed by atoms with van der Waals surface area (Å²) in [5, 5.41) is 0. The summed E-state index contributed by atoms with van der Waals surface area (Å²) in [7, 11) is -0.751. The molecule has 0 spiro atoms. The fraction of sp³-hybridized carbons (Fsp3) is 0.500. The molecule has 8 heteroatoms. The Morgan fingerprint density at radius 2 is 1.85 bits per heavy atom. The van der Waals surface area contributed by atoms with Gasteiger partial charge in [0.15, 0.2) is 11.5 Å². The molecule has 0 bridgehead atoms. The first-order chi connectivity index (χ1) is 9.39. The van der Waals surface area contributed by atoms with E-state index in [1.54, 1.807) is 6.07 Å². The molecule has 1 aromatic rings. The van der Waals surface area contributed by atoms with Crippen LogP contribution in [0.2, 0.25) is 0 Å². The molecule has 0 saturated heterocycles. The summed E-state index contributed by atoms with van der Waals surface area (Å²) in [5.74, 6) is 0.793. The van der Waals surface area contributed by atoms with E-state index in [-0.39, 0.29) is 17.5 Å². The zero-order chi connectivity index (χ0) is 15.3.